The lowest BCUT2D eigenvalue weighted by Crippen LogP contribution is -2.25. The third kappa shape index (κ3) is 2.84. The highest BCUT2D eigenvalue weighted by molar-refractivity contribution is 5.57. The maximum Gasteiger partial charge on any atom is 0.124 e. The number of hydrogen-bond donors (Lipinski definition) is 0. The van der Waals surface area contributed by atoms with Crippen LogP contribution in [0.3, 0.4) is 0 Å². The van der Waals surface area contributed by atoms with E-state index in [0.717, 1.165) is 17.9 Å². The largest absolute Gasteiger partial charge is 0.496 e. The normalized spacial score (nSPS) is 21.5. The summed E-state index contributed by atoms with van der Waals surface area (Å²) in [6.45, 7) is 5.49. The predicted molar refractivity (Wildman–Crippen MR) is 75.3 cm³/mol. The average Bonchev–Trinajstić information content (AvgIpc) is 2.81. The summed E-state index contributed by atoms with van der Waals surface area (Å²) >= 11 is 0. The molecule has 0 bridgehead atoms. The van der Waals surface area contributed by atoms with Crippen molar-refractivity contribution in [3.8, 4) is 5.75 Å². The second-order valence-electron chi connectivity index (χ2n) is 4.91. The quantitative estimate of drug-likeness (QED) is 0.601. The monoisotopic (exact) mass is 246 g/mol. The summed E-state index contributed by atoms with van der Waals surface area (Å²) in [6.07, 6.45) is 4.56. The molecule has 0 saturated carbocycles. The second-order valence-corrected chi connectivity index (χ2v) is 4.91. The zero-order valence-corrected chi connectivity index (χ0v) is 11.5. The van der Waals surface area contributed by atoms with E-state index in [0.29, 0.717) is 6.04 Å². The van der Waals surface area contributed by atoms with E-state index in [4.69, 9.17) is 4.74 Å². The molecule has 0 spiro atoms. The van der Waals surface area contributed by atoms with Gasteiger partial charge in [0.05, 0.1) is 19.5 Å². The molecule has 0 aromatic heterocycles. The minimum absolute atomic E-state index is 0.133. The lowest BCUT2D eigenvalue weighted by atomic mass is 10.1. The van der Waals surface area contributed by atoms with E-state index < -0.39 is 0 Å². The van der Waals surface area contributed by atoms with Gasteiger partial charge in [0.2, 0.25) is 0 Å². The van der Waals surface area contributed by atoms with E-state index in [2.05, 4.69) is 29.8 Å². The third-order valence-corrected chi connectivity index (χ3v) is 3.63. The number of rotatable bonds is 4. The van der Waals surface area contributed by atoms with E-state index >= 15 is 0 Å². The van der Waals surface area contributed by atoms with E-state index in [1.54, 1.807) is 7.11 Å². The highest BCUT2D eigenvalue weighted by Crippen LogP contribution is 2.27. The molecular weight excluding hydrogens is 224 g/mol. The van der Waals surface area contributed by atoms with Gasteiger partial charge in [0.1, 0.15) is 5.75 Å². The van der Waals surface area contributed by atoms with E-state index in [1.165, 1.54) is 12.8 Å². The maximum atomic E-state index is 5.37. The van der Waals surface area contributed by atoms with Crippen molar-refractivity contribution in [2.75, 3.05) is 13.7 Å². The zero-order valence-electron chi connectivity index (χ0n) is 11.5. The van der Waals surface area contributed by atoms with Crippen LogP contribution in [-0.4, -0.2) is 30.9 Å². The standard InChI is InChI=1S/C15H22N2O/c1-12-7-6-10-17(12)11-16-13(2)14-8-4-5-9-15(14)18-3/h4-5,8-9,11-13H,6-7,10H2,1-3H3. The number of hydrogen-bond acceptors (Lipinski definition) is 2. The average molecular weight is 246 g/mol. The summed E-state index contributed by atoms with van der Waals surface area (Å²) in [5, 5.41) is 0. The van der Waals surface area contributed by atoms with Crippen LogP contribution in [-0.2, 0) is 0 Å². The van der Waals surface area contributed by atoms with Crippen molar-refractivity contribution in [1.82, 2.24) is 4.90 Å². The van der Waals surface area contributed by atoms with Crippen molar-refractivity contribution in [2.45, 2.75) is 38.8 Å². The van der Waals surface area contributed by atoms with Crippen molar-refractivity contribution in [1.29, 1.82) is 0 Å². The van der Waals surface area contributed by atoms with Gasteiger partial charge in [-0.15, -0.1) is 0 Å². The molecule has 1 aromatic rings. The van der Waals surface area contributed by atoms with Crippen LogP contribution in [0, 0.1) is 0 Å². The highest BCUT2D eigenvalue weighted by Gasteiger charge is 2.17. The molecule has 3 heteroatoms. The first kappa shape index (κ1) is 12.9. The van der Waals surface area contributed by atoms with Gasteiger partial charge in [0, 0.05) is 18.2 Å². The van der Waals surface area contributed by atoms with Crippen molar-refractivity contribution in [3.63, 3.8) is 0 Å². The molecule has 18 heavy (non-hydrogen) atoms. The minimum Gasteiger partial charge on any atom is -0.496 e. The van der Waals surface area contributed by atoms with Gasteiger partial charge >= 0.3 is 0 Å². The minimum atomic E-state index is 0.133. The Balaban J connectivity index is 2.07. The van der Waals surface area contributed by atoms with Gasteiger partial charge in [-0.1, -0.05) is 18.2 Å². The first-order chi connectivity index (χ1) is 8.72. The maximum absolute atomic E-state index is 5.37. The van der Waals surface area contributed by atoms with Gasteiger partial charge in [-0.05, 0) is 32.8 Å². The fraction of sp³-hybridized carbons (Fsp3) is 0.533. The SMILES string of the molecule is COc1ccccc1C(C)N=CN1CCCC1C. The summed E-state index contributed by atoms with van der Waals surface area (Å²) in [5.74, 6) is 0.914. The molecule has 0 N–H and O–H groups in total. The molecule has 2 rings (SSSR count). The van der Waals surface area contributed by atoms with Gasteiger partial charge < -0.3 is 9.64 Å². The first-order valence-electron chi connectivity index (χ1n) is 6.64. The van der Waals surface area contributed by atoms with Crippen molar-refractivity contribution in [2.24, 2.45) is 4.99 Å². The van der Waals surface area contributed by atoms with Gasteiger partial charge in [-0.25, -0.2) is 0 Å². The Morgan fingerprint density at radius 1 is 1.44 bits per heavy atom. The fourth-order valence-corrected chi connectivity index (χ4v) is 2.40. The number of ether oxygens (including phenoxy) is 1. The molecule has 1 saturated heterocycles. The molecule has 1 fully saturated rings. The molecule has 1 aliphatic rings. The number of benzene rings is 1. The molecule has 1 aromatic carbocycles. The van der Waals surface area contributed by atoms with Crippen LogP contribution in [0.15, 0.2) is 29.3 Å². The Hall–Kier alpha value is -1.51. The molecule has 1 heterocycles. The lowest BCUT2D eigenvalue weighted by molar-refractivity contribution is 0.405. The van der Waals surface area contributed by atoms with Crippen molar-refractivity contribution >= 4 is 6.34 Å². The van der Waals surface area contributed by atoms with Crippen LogP contribution < -0.4 is 4.74 Å². The number of likely N-dealkylation sites (tertiary alicyclic amines) is 1. The Morgan fingerprint density at radius 2 is 2.22 bits per heavy atom. The lowest BCUT2D eigenvalue weighted by Gasteiger charge is -2.19. The van der Waals surface area contributed by atoms with Crippen LogP contribution >= 0.6 is 0 Å². The Morgan fingerprint density at radius 3 is 2.89 bits per heavy atom. The zero-order chi connectivity index (χ0) is 13.0. The topological polar surface area (TPSA) is 24.8 Å². The Labute approximate surface area is 109 Å². The Bertz CT molecular complexity index is 417. The van der Waals surface area contributed by atoms with Crippen molar-refractivity contribution in [3.05, 3.63) is 29.8 Å². The van der Waals surface area contributed by atoms with Gasteiger partial charge in [0.15, 0.2) is 0 Å². The van der Waals surface area contributed by atoms with Gasteiger partial charge in [0.25, 0.3) is 0 Å². The number of para-hydroxylation sites is 1. The summed E-state index contributed by atoms with van der Waals surface area (Å²) in [7, 11) is 1.71. The number of aliphatic imine (C=N–C) groups is 1. The first-order valence-corrected chi connectivity index (χ1v) is 6.64. The molecule has 2 unspecified atom stereocenters. The summed E-state index contributed by atoms with van der Waals surface area (Å²) in [5.41, 5.74) is 1.14. The second kappa shape index (κ2) is 5.89. The van der Waals surface area contributed by atoms with Crippen LogP contribution in [0.4, 0.5) is 0 Å². The van der Waals surface area contributed by atoms with E-state index in [-0.39, 0.29) is 6.04 Å². The molecule has 0 radical (unpaired) electrons. The van der Waals surface area contributed by atoms with Crippen LogP contribution in [0.5, 0.6) is 5.75 Å². The molecule has 3 nitrogen and oxygen atoms in total. The summed E-state index contributed by atoms with van der Waals surface area (Å²) in [6, 6.07) is 8.84. The number of methoxy groups -OCH3 is 1. The van der Waals surface area contributed by atoms with Crippen LogP contribution in [0.25, 0.3) is 0 Å². The molecule has 0 aliphatic carbocycles. The summed E-state index contributed by atoms with van der Waals surface area (Å²) in [4.78, 5) is 6.98. The van der Waals surface area contributed by atoms with Crippen LogP contribution in [0.2, 0.25) is 0 Å². The smallest absolute Gasteiger partial charge is 0.124 e. The fourth-order valence-electron chi connectivity index (χ4n) is 2.40. The Kier molecular flexibility index (Phi) is 4.24. The summed E-state index contributed by atoms with van der Waals surface area (Å²) < 4.78 is 5.37. The van der Waals surface area contributed by atoms with Crippen molar-refractivity contribution < 1.29 is 4.74 Å². The molecule has 98 valence electrons. The molecule has 0 amide bonds. The molecule has 1 aliphatic heterocycles. The molecule has 2 atom stereocenters. The highest BCUT2D eigenvalue weighted by atomic mass is 16.5. The van der Waals surface area contributed by atoms with Gasteiger partial charge in [-0.3, -0.25) is 4.99 Å². The molecular formula is C15H22N2O. The van der Waals surface area contributed by atoms with E-state index in [9.17, 15) is 0 Å². The van der Waals surface area contributed by atoms with Crippen LogP contribution in [0.1, 0.15) is 38.3 Å². The third-order valence-electron chi connectivity index (χ3n) is 3.63. The predicted octanol–water partition coefficient (Wildman–Crippen LogP) is 3.27. The number of nitrogens with zero attached hydrogens (tertiary/aromatic N) is 2. The van der Waals surface area contributed by atoms with E-state index in [1.807, 2.05) is 24.5 Å². The van der Waals surface area contributed by atoms with Gasteiger partial charge in [-0.2, -0.15) is 0 Å².